The molecule has 1 aliphatic carbocycles. The molecule has 1 aromatic carbocycles. The van der Waals surface area contributed by atoms with Gasteiger partial charge in [0.25, 0.3) is 0 Å². The molecule has 2 atom stereocenters. The molecule has 0 bridgehead atoms. The zero-order valence-electron chi connectivity index (χ0n) is 11.7. The molecule has 110 valence electrons. The Balaban J connectivity index is 2.33. The zero-order valence-corrected chi connectivity index (χ0v) is 13.4. The van der Waals surface area contributed by atoms with Crippen molar-refractivity contribution in [1.82, 2.24) is 4.72 Å². The maximum Gasteiger partial charge on any atom is 0.241 e. The lowest BCUT2D eigenvalue weighted by Crippen LogP contribution is -2.36. The molecule has 1 saturated carbocycles. The second-order valence-corrected chi connectivity index (χ2v) is 7.60. The zero-order chi connectivity index (χ0) is 14.9. The summed E-state index contributed by atoms with van der Waals surface area (Å²) >= 11 is 4.91. The minimum Gasteiger partial charge on any atom is -0.389 e. The predicted molar refractivity (Wildman–Crippen MR) is 84.2 cm³/mol. The van der Waals surface area contributed by atoms with E-state index in [-0.39, 0.29) is 15.9 Å². The first-order valence-corrected chi connectivity index (χ1v) is 8.63. The largest absolute Gasteiger partial charge is 0.389 e. The van der Waals surface area contributed by atoms with Gasteiger partial charge in [0, 0.05) is 11.6 Å². The summed E-state index contributed by atoms with van der Waals surface area (Å²) in [5, 5.41) is 0. The van der Waals surface area contributed by atoms with Gasteiger partial charge >= 0.3 is 0 Å². The fraction of sp³-hybridized carbons (Fsp3) is 0.500. The molecule has 2 rings (SSSR count). The molecule has 2 unspecified atom stereocenters. The predicted octanol–water partition coefficient (Wildman–Crippen LogP) is 2.10. The van der Waals surface area contributed by atoms with Gasteiger partial charge in [0.1, 0.15) is 4.99 Å². The maximum absolute atomic E-state index is 12.5. The molecule has 20 heavy (non-hydrogen) atoms. The first-order valence-electron chi connectivity index (χ1n) is 6.74. The van der Waals surface area contributed by atoms with Gasteiger partial charge in [-0.3, -0.25) is 0 Å². The Kier molecular flexibility index (Phi) is 4.46. The molecule has 6 heteroatoms. The van der Waals surface area contributed by atoms with E-state index in [1.165, 1.54) is 0 Å². The average Bonchev–Trinajstić information content (AvgIpc) is 2.74. The van der Waals surface area contributed by atoms with Crippen LogP contribution in [0.3, 0.4) is 0 Å². The van der Waals surface area contributed by atoms with E-state index in [0.29, 0.717) is 17.0 Å². The third-order valence-electron chi connectivity index (χ3n) is 3.93. The summed E-state index contributed by atoms with van der Waals surface area (Å²) in [5.74, 6) is 0.379. The molecule has 0 amide bonds. The highest BCUT2D eigenvalue weighted by atomic mass is 32.2. The summed E-state index contributed by atoms with van der Waals surface area (Å²) < 4.78 is 27.9. The number of hydrogen-bond donors (Lipinski definition) is 2. The van der Waals surface area contributed by atoms with E-state index in [0.717, 1.165) is 19.3 Å². The number of sulfonamides is 1. The Morgan fingerprint density at radius 3 is 2.65 bits per heavy atom. The van der Waals surface area contributed by atoms with Crippen LogP contribution in [0.2, 0.25) is 0 Å². The van der Waals surface area contributed by atoms with E-state index < -0.39 is 10.0 Å². The monoisotopic (exact) mass is 312 g/mol. The standard InChI is InChI=1S/C14H20N2O2S2/c1-9-4-3-5-12(9)16-20(17,18)13-8-11(14(15)19)7-6-10(13)2/h6-9,12,16H,3-5H2,1-2H3,(H2,15,19). The van der Waals surface area contributed by atoms with Crippen molar-refractivity contribution in [1.29, 1.82) is 0 Å². The number of rotatable bonds is 4. The summed E-state index contributed by atoms with van der Waals surface area (Å²) in [6, 6.07) is 5.06. The van der Waals surface area contributed by atoms with Crippen LogP contribution in [0.4, 0.5) is 0 Å². The van der Waals surface area contributed by atoms with E-state index in [1.54, 1.807) is 25.1 Å². The van der Waals surface area contributed by atoms with Crippen LogP contribution in [0, 0.1) is 12.8 Å². The van der Waals surface area contributed by atoms with Gasteiger partial charge in [-0.2, -0.15) is 0 Å². The van der Waals surface area contributed by atoms with Crippen molar-refractivity contribution in [3.05, 3.63) is 29.3 Å². The van der Waals surface area contributed by atoms with Crippen LogP contribution in [-0.4, -0.2) is 19.4 Å². The Morgan fingerprint density at radius 2 is 2.10 bits per heavy atom. The minimum atomic E-state index is -3.53. The number of thiocarbonyl (C=S) groups is 1. The number of nitrogens with two attached hydrogens (primary N) is 1. The molecule has 0 radical (unpaired) electrons. The van der Waals surface area contributed by atoms with Gasteiger partial charge in [-0.25, -0.2) is 13.1 Å². The quantitative estimate of drug-likeness (QED) is 0.835. The molecule has 1 aromatic rings. The van der Waals surface area contributed by atoms with E-state index >= 15 is 0 Å². The van der Waals surface area contributed by atoms with Crippen LogP contribution in [0.1, 0.15) is 37.3 Å². The van der Waals surface area contributed by atoms with E-state index in [2.05, 4.69) is 11.6 Å². The normalized spacial score (nSPS) is 22.9. The molecule has 0 aromatic heterocycles. The van der Waals surface area contributed by atoms with Gasteiger partial charge in [-0.1, -0.05) is 37.7 Å². The minimum absolute atomic E-state index is 0.0212. The van der Waals surface area contributed by atoms with Crippen molar-refractivity contribution in [3.8, 4) is 0 Å². The van der Waals surface area contributed by atoms with Crippen molar-refractivity contribution in [2.75, 3.05) is 0 Å². The number of nitrogens with one attached hydrogen (secondary N) is 1. The number of hydrogen-bond acceptors (Lipinski definition) is 3. The highest BCUT2D eigenvalue weighted by molar-refractivity contribution is 7.89. The van der Waals surface area contributed by atoms with Crippen LogP contribution in [0.15, 0.2) is 23.1 Å². The summed E-state index contributed by atoms with van der Waals surface area (Å²) in [7, 11) is -3.53. The molecule has 0 heterocycles. The number of benzene rings is 1. The van der Waals surface area contributed by atoms with Crippen LogP contribution in [-0.2, 0) is 10.0 Å². The van der Waals surface area contributed by atoms with Crippen LogP contribution < -0.4 is 10.5 Å². The van der Waals surface area contributed by atoms with Gasteiger partial charge in [0.05, 0.1) is 4.90 Å². The molecule has 0 aliphatic heterocycles. The lowest BCUT2D eigenvalue weighted by atomic mass is 10.1. The summed E-state index contributed by atoms with van der Waals surface area (Å²) in [6.07, 6.45) is 3.04. The van der Waals surface area contributed by atoms with Gasteiger partial charge in [-0.15, -0.1) is 0 Å². The maximum atomic E-state index is 12.5. The lowest BCUT2D eigenvalue weighted by Gasteiger charge is -2.18. The second kappa shape index (κ2) is 5.79. The van der Waals surface area contributed by atoms with Crippen molar-refractivity contribution >= 4 is 27.2 Å². The second-order valence-electron chi connectivity index (χ2n) is 5.48. The van der Waals surface area contributed by atoms with Gasteiger partial charge in [-0.05, 0) is 37.3 Å². The third kappa shape index (κ3) is 3.19. The Morgan fingerprint density at radius 1 is 1.40 bits per heavy atom. The first kappa shape index (κ1) is 15.4. The van der Waals surface area contributed by atoms with Gasteiger partial charge in [0.15, 0.2) is 0 Å². The smallest absolute Gasteiger partial charge is 0.241 e. The molecule has 0 spiro atoms. The molecule has 0 saturated heterocycles. The van der Waals surface area contributed by atoms with Crippen LogP contribution >= 0.6 is 12.2 Å². The third-order valence-corrected chi connectivity index (χ3v) is 5.80. The Bertz CT molecular complexity index is 626. The van der Waals surface area contributed by atoms with Gasteiger partial charge in [0.2, 0.25) is 10.0 Å². The van der Waals surface area contributed by atoms with Crippen molar-refractivity contribution in [2.24, 2.45) is 11.7 Å². The topological polar surface area (TPSA) is 72.2 Å². The van der Waals surface area contributed by atoms with E-state index in [9.17, 15) is 8.42 Å². The fourth-order valence-electron chi connectivity index (χ4n) is 2.63. The Hall–Kier alpha value is -0.980. The van der Waals surface area contributed by atoms with Crippen molar-refractivity contribution < 1.29 is 8.42 Å². The molecule has 1 fully saturated rings. The highest BCUT2D eigenvalue weighted by Gasteiger charge is 2.29. The van der Waals surface area contributed by atoms with E-state index in [1.807, 2.05) is 0 Å². The molecule has 1 aliphatic rings. The number of aryl methyl sites for hydroxylation is 1. The lowest BCUT2D eigenvalue weighted by molar-refractivity contribution is 0.476. The summed E-state index contributed by atoms with van der Waals surface area (Å²) in [5.41, 5.74) is 6.85. The molecular weight excluding hydrogens is 292 g/mol. The van der Waals surface area contributed by atoms with Crippen LogP contribution in [0.25, 0.3) is 0 Å². The summed E-state index contributed by atoms with van der Waals surface area (Å²) in [6.45, 7) is 3.86. The van der Waals surface area contributed by atoms with Crippen molar-refractivity contribution in [3.63, 3.8) is 0 Å². The van der Waals surface area contributed by atoms with E-state index in [4.69, 9.17) is 18.0 Å². The first-order chi connectivity index (χ1) is 9.31. The molecule has 4 nitrogen and oxygen atoms in total. The SMILES string of the molecule is Cc1ccc(C(N)=S)cc1S(=O)(=O)NC1CCCC1C. The summed E-state index contributed by atoms with van der Waals surface area (Å²) in [4.78, 5) is 0.470. The fourth-order valence-corrected chi connectivity index (χ4v) is 4.40. The Labute approximate surface area is 125 Å². The van der Waals surface area contributed by atoms with Crippen molar-refractivity contribution in [2.45, 2.75) is 44.0 Å². The van der Waals surface area contributed by atoms with Crippen LogP contribution in [0.5, 0.6) is 0 Å². The average molecular weight is 312 g/mol. The highest BCUT2D eigenvalue weighted by Crippen LogP contribution is 2.27. The van der Waals surface area contributed by atoms with Gasteiger partial charge < -0.3 is 5.73 Å². The molecule has 3 N–H and O–H groups in total. The molecular formula is C14H20N2O2S2.